The van der Waals surface area contributed by atoms with Gasteiger partial charge in [0, 0.05) is 16.9 Å². The second kappa shape index (κ2) is 7.27. The van der Waals surface area contributed by atoms with Crippen molar-refractivity contribution >= 4 is 28.5 Å². The monoisotopic (exact) mass is 368 g/mol. The Hall–Kier alpha value is -2.08. The molecule has 0 aromatic heterocycles. The summed E-state index contributed by atoms with van der Waals surface area (Å²) in [5.74, 6) is 1.23. The summed E-state index contributed by atoms with van der Waals surface area (Å²) in [7, 11) is 0. The van der Waals surface area contributed by atoms with Crippen molar-refractivity contribution in [2.75, 3.05) is 5.75 Å². The number of nitrogens with zero attached hydrogens (tertiary/aromatic N) is 3. The molecule has 2 aliphatic heterocycles. The van der Waals surface area contributed by atoms with Gasteiger partial charge >= 0.3 is 0 Å². The number of amides is 1. The van der Waals surface area contributed by atoms with Gasteiger partial charge in [0.05, 0.1) is 5.36 Å². The normalized spacial score (nSPS) is 24.8. The predicted octanol–water partition coefficient (Wildman–Crippen LogP) is 2.35. The second-order valence-corrected chi connectivity index (χ2v) is 8.13. The summed E-state index contributed by atoms with van der Waals surface area (Å²) >= 11 is 1.60. The van der Waals surface area contributed by atoms with E-state index in [2.05, 4.69) is 25.2 Å². The minimum Gasteiger partial charge on any atom is -0.298 e. The molecule has 136 valence electrons. The van der Waals surface area contributed by atoms with E-state index in [1.54, 1.807) is 11.8 Å². The number of fused-ring (bicyclic) bond motifs is 2. The molecule has 1 aromatic carbocycles. The van der Waals surface area contributed by atoms with Crippen LogP contribution in [0.3, 0.4) is 0 Å². The zero-order chi connectivity index (χ0) is 18.1. The number of allylic oxidation sites excluding steroid dienone is 2. The number of nitrogens with one attached hydrogen (secondary N) is 1. The van der Waals surface area contributed by atoms with Gasteiger partial charge in [-0.25, -0.2) is 5.01 Å². The number of amidine groups is 1. The van der Waals surface area contributed by atoms with E-state index in [9.17, 15) is 4.79 Å². The Balaban J connectivity index is 1.80. The number of benzene rings is 1. The number of hydrogen-bond donors (Lipinski definition) is 1. The van der Waals surface area contributed by atoms with Crippen LogP contribution < -0.4 is 15.9 Å². The summed E-state index contributed by atoms with van der Waals surface area (Å²) in [6.45, 7) is 4.31. The molecule has 6 heteroatoms. The van der Waals surface area contributed by atoms with Gasteiger partial charge < -0.3 is 0 Å². The molecule has 0 saturated carbocycles. The molecule has 1 aromatic rings. The second-order valence-electron chi connectivity index (χ2n) is 7.05. The molecule has 2 heterocycles. The van der Waals surface area contributed by atoms with Crippen molar-refractivity contribution in [2.24, 2.45) is 16.0 Å². The lowest BCUT2D eigenvalue weighted by molar-refractivity contribution is -0.116. The third-order valence-corrected chi connectivity index (χ3v) is 6.16. The van der Waals surface area contributed by atoms with Gasteiger partial charge in [-0.1, -0.05) is 48.5 Å². The fourth-order valence-corrected chi connectivity index (χ4v) is 4.39. The highest BCUT2D eigenvalue weighted by molar-refractivity contribution is 8.13. The van der Waals surface area contributed by atoms with Crippen LogP contribution in [0.15, 0.2) is 46.0 Å². The number of hydrogen-bond acceptors (Lipinski definition) is 5. The van der Waals surface area contributed by atoms with Crippen molar-refractivity contribution in [2.45, 2.75) is 45.7 Å². The fourth-order valence-electron chi connectivity index (χ4n) is 3.68. The number of carbonyl (C=O) groups excluding carboxylic acids is 1. The molecule has 0 fully saturated rings. The molecule has 26 heavy (non-hydrogen) atoms. The first-order chi connectivity index (χ1) is 12.7. The van der Waals surface area contributed by atoms with Crippen LogP contribution in [0.1, 0.15) is 39.5 Å². The Morgan fingerprint density at radius 1 is 1.35 bits per heavy atom. The van der Waals surface area contributed by atoms with Crippen molar-refractivity contribution in [3.8, 4) is 0 Å². The Labute approximate surface area is 157 Å². The maximum Gasteiger partial charge on any atom is 0.276 e. The van der Waals surface area contributed by atoms with Gasteiger partial charge in [-0.05, 0) is 38.7 Å². The summed E-state index contributed by atoms with van der Waals surface area (Å²) < 4.78 is 0. The molecule has 0 unspecified atom stereocenters. The highest BCUT2D eigenvalue weighted by atomic mass is 32.2. The standard InChI is InChI=1S/C20H24N4OS/c1-3-12-26-20-22-19(25)17-15-6-4-5-7-16(15)21-18(24(17)23-20)14-10-8-13(2)9-11-14/h4-8,14,18H,3,9-12H2,1-2H3,(H,22,23,25)/t14-,18-/m0/s1. The lowest BCUT2D eigenvalue weighted by Crippen LogP contribution is -2.54. The third-order valence-electron chi connectivity index (χ3n) is 5.09. The summed E-state index contributed by atoms with van der Waals surface area (Å²) in [6.07, 6.45) is 6.39. The maximum absolute atomic E-state index is 12.9. The van der Waals surface area contributed by atoms with Crippen LogP contribution in [0.4, 0.5) is 0 Å². The quantitative estimate of drug-likeness (QED) is 0.833. The van der Waals surface area contributed by atoms with Gasteiger partial charge in [0.15, 0.2) is 5.17 Å². The van der Waals surface area contributed by atoms with E-state index in [4.69, 9.17) is 10.1 Å². The SMILES string of the molecule is CCCSC1=NN2C(=c3ccccc3=N[C@@H]2[C@H]2CC=C(C)CC2)C(=O)N1. The van der Waals surface area contributed by atoms with Crippen LogP contribution in [0.5, 0.6) is 0 Å². The Kier molecular flexibility index (Phi) is 4.85. The molecule has 3 aliphatic rings. The molecular formula is C20H24N4OS. The van der Waals surface area contributed by atoms with Crippen molar-refractivity contribution in [3.05, 3.63) is 46.5 Å². The number of para-hydroxylation sites is 1. The molecule has 0 saturated heterocycles. The number of rotatable bonds is 3. The molecular weight excluding hydrogens is 344 g/mol. The van der Waals surface area contributed by atoms with Gasteiger partial charge in [0.25, 0.3) is 5.91 Å². The van der Waals surface area contributed by atoms with Crippen LogP contribution in [-0.2, 0) is 4.79 Å². The molecule has 0 radical (unpaired) electrons. The van der Waals surface area contributed by atoms with Crippen molar-refractivity contribution in [1.29, 1.82) is 0 Å². The minimum atomic E-state index is -0.118. The van der Waals surface area contributed by atoms with Crippen molar-refractivity contribution < 1.29 is 4.79 Å². The highest BCUT2D eigenvalue weighted by Crippen LogP contribution is 2.32. The first-order valence-corrected chi connectivity index (χ1v) is 10.3. The molecule has 2 atom stereocenters. The first-order valence-electron chi connectivity index (χ1n) is 9.32. The van der Waals surface area contributed by atoms with Crippen LogP contribution in [-0.4, -0.2) is 28.0 Å². The lowest BCUT2D eigenvalue weighted by atomic mass is 9.87. The highest BCUT2D eigenvalue weighted by Gasteiger charge is 2.37. The van der Waals surface area contributed by atoms with E-state index < -0.39 is 0 Å². The predicted molar refractivity (Wildman–Crippen MR) is 106 cm³/mol. The van der Waals surface area contributed by atoms with Gasteiger partial charge in [-0.2, -0.15) is 0 Å². The first kappa shape index (κ1) is 17.3. The summed E-state index contributed by atoms with van der Waals surface area (Å²) in [5, 5.41) is 12.1. The molecule has 0 bridgehead atoms. The van der Waals surface area contributed by atoms with Crippen LogP contribution >= 0.6 is 11.8 Å². The van der Waals surface area contributed by atoms with Crippen LogP contribution in [0.2, 0.25) is 0 Å². The average molecular weight is 369 g/mol. The maximum atomic E-state index is 12.9. The number of hydrazone groups is 1. The van der Waals surface area contributed by atoms with Crippen LogP contribution in [0.25, 0.3) is 5.70 Å². The molecule has 4 rings (SSSR count). The van der Waals surface area contributed by atoms with Crippen molar-refractivity contribution in [3.63, 3.8) is 0 Å². The fraction of sp³-hybridized carbons (Fsp3) is 0.450. The van der Waals surface area contributed by atoms with E-state index in [-0.39, 0.29) is 12.1 Å². The van der Waals surface area contributed by atoms with Gasteiger partial charge in [-0.15, -0.1) is 5.10 Å². The zero-order valence-electron chi connectivity index (χ0n) is 15.2. The van der Waals surface area contributed by atoms with Gasteiger partial charge in [0.1, 0.15) is 11.9 Å². The average Bonchev–Trinajstić information content (AvgIpc) is 2.66. The molecule has 1 N–H and O–H groups in total. The van der Waals surface area contributed by atoms with E-state index in [0.29, 0.717) is 16.8 Å². The van der Waals surface area contributed by atoms with Gasteiger partial charge in [-0.3, -0.25) is 15.1 Å². The summed E-state index contributed by atoms with van der Waals surface area (Å²) in [6, 6.07) is 7.88. The number of carbonyl (C=O) groups is 1. The summed E-state index contributed by atoms with van der Waals surface area (Å²) in [5.41, 5.74) is 2.08. The van der Waals surface area contributed by atoms with E-state index in [1.807, 2.05) is 29.3 Å². The van der Waals surface area contributed by atoms with E-state index in [0.717, 1.165) is 42.0 Å². The van der Waals surface area contributed by atoms with Crippen molar-refractivity contribution in [1.82, 2.24) is 10.3 Å². The van der Waals surface area contributed by atoms with Gasteiger partial charge in [0.2, 0.25) is 0 Å². The van der Waals surface area contributed by atoms with Crippen LogP contribution in [0, 0.1) is 5.92 Å². The molecule has 0 spiro atoms. The Bertz CT molecular complexity index is 905. The number of thioether (sulfide) groups is 1. The minimum absolute atomic E-state index is 0.0755. The smallest absolute Gasteiger partial charge is 0.276 e. The third kappa shape index (κ3) is 3.18. The lowest BCUT2D eigenvalue weighted by Gasteiger charge is -2.38. The molecule has 1 aliphatic carbocycles. The Morgan fingerprint density at radius 3 is 2.96 bits per heavy atom. The Morgan fingerprint density at radius 2 is 2.19 bits per heavy atom. The van der Waals surface area contributed by atoms with E-state index in [1.165, 1.54) is 5.57 Å². The zero-order valence-corrected chi connectivity index (χ0v) is 16.1. The molecule has 5 nitrogen and oxygen atoms in total. The summed E-state index contributed by atoms with van der Waals surface area (Å²) in [4.78, 5) is 17.9. The molecule has 1 amide bonds. The van der Waals surface area contributed by atoms with E-state index >= 15 is 0 Å². The topological polar surface area (TPSA) is 57.1 Å². The largest absolute Gasteiger partial charge is 0.298 e.